The van der Waals surface area contributed by atoms with Crippen molar-refractivity contribution >= 4 is 29.6 Å². The zero-order valence-electron chi connectivity index (χ0n) is 16.0. The van der Waals surface area contributed by atoms with Gasteiger partial charge in [0.2, 0.25) is 0 Å². The minimum atomic E-state index is 0. The van der Waals surface area contributed by atoms with Crippen molar-refractivity contribution in [1.29, 1.82) is 0 Å². The fourth-order valence-corrected chi connectivity index (χ4v) is 3.82. The highest BCUT2D eigenvalue weighted by molar-refractivity contribution is 5.97. The number of aromatic nitrogens is 1. The first-order chi connectivity index (χ1) is 13.3. The van der Waals surface area contributed by atoms with Gasteiger partial charge in [-0.15, -0.1) is 12.4 Å². The van der Waals surface area contributed by atoms with E-state index in [4.69, 9.17) is 4.74 Å². The second-order valence-electron chi connectivity index (χ2n) is 7.31. The Bertz CT molecular complexity index is 899. The molecule has 148 valence electrons. The Balaban J connectivity index is 0.00000225. The van der Waals surface area contributed by atoms with Crippen LogP contribution in [-0.2, 0) is 13.0 Å². The van der Waals surface area contributed by atoms with Crippen LogP contribution >= 0.6 is 12.4 Å². The van der Waals surface area contributed by atoms with E-state index in [-0.39, 0.29) is 12.4 Å². The molecule has 0 radical (unpaired) electrons. The standard InChI is InChI=1S/C23H26N2O2.ClH/c26-16-20-15-25(23-4-2-1-3-22(20)23)14-11-18-5-7-21(8-6-18)27-17-19-9-12-24-13-10-19;/h1-8,15-16,19,24H,9-14,17H2;1H. The van der Waals surface area contributed by atoms with Crippen LogP contribution in [0.3, 0.4) is 0 Å². The van der Waals surface area contributed by atoms with E-state index in [1.54, 1.807) is 0 Å². The Hall–Kier alpha value is -2.30. The van der Waals surface area contributed by atoms with Crippen LogP contribution < -0.4 is 10.1 Å². The lowest BCUT2D eigenvalue weighted by molar-refractivity contribution is 0.112. The van der Waals surface area contributed by atoms with E-state index in [0.717, 1.165) is 61.2 Å². The number of carbonyl (C=O) groups excluding carboxylic acids is 1. The quantitative estimate of drug-likeness (QED) is 0.596. The minimum Gasteiger partial charge on any atom is -0.493 e. The van der Waals surface area contributed by atoms with Crippen molar-refractivity contribution in [2.75, 3.05) is 19.7 Å². The maximum absolute atomic E-state index is 11.3. The molecule has 4 nitrogen and oxygen atoms in total. The molecule has 1 saturated heterocycles. The van der Waals surface area contributed by atoms with Crippen molar-refractivity contribution < 1.29 is 9.53 Å². The topological polar surface area (TPSA) is 43.3 Å². The monoisotopic (exact) mass is 398 g/mol. The Morgan fingerprint density at radius 3 is 2.57 bits per heavy atom. The number of carbonyl (C=O) groups is 1. The van der Waals surface area contributed by atoms with Crippen LogP contribution in [0.2, 0.25) is 0 Å². The molecule has 2 aromatic carbocycles. The predicted molar refractivity (Wildman–Crippen MR) is 116 cm³/mol. The Labute approximate surface area is 172 Å². The molecule has 5 heteroatoms. The lowest BCUT2D eigenvalue weighted by atomic mass is 9.99. The van der Waals surface area contributed by atoms with Gasteiger partial charge < -0.3 is 14.6 Å². The second kappa shape index (κ2) is 9.76. The first kappa shape index (κ1) is 20.4. The van der Waals surface area contributed by atoms with Gasteiger partial charge in [-0.3, -0.25) is 4.79 Å². The number of piperidine rings is 1. The summed E-state index contributed by atoms with van der Waals surface area (Å²) in [5.74, 6) is 1.62. The molecule has 1 aromatic heterocycles. The van der Waals surface area contributed by atoms with Crippen molar-refractivity contribution in [3.63, 3.8) is 0 Å². The fourth-order valence-electron chi connectivity index (χ4n) is 3.82. The minimum absolute atomic E-state index is 0. The van der Waals surface area contributed by atoms with Gasteiger partial charge in [-0.25, -0.2) is 0 Å². The van der Waals surface area contributed by atoms with Gasteiger partial charge in [0.05, 0.1) is 6.61 Å². The van der Waals surface area contributed by atoms with Crippen LogP contribution in [-0.4, -0.2) is 30.5 Å². The summed E-state index contributed by atoms with van der Waals surface area (Å²) in [5, 5.41) is 4.41. The number of hydrogen-bond donors (Lipinski definition) is 1. The van der Waals surface area contributed by atoms with Crippen LogP contribution in [0.1, 0.15) is 28.8 Å². The number of aldehydes is 1. The molecule has 1 aliphatic rings. The molecule has 4 rings (SSSR count). The van der Waals surface area contributed by atoms with E-state index in [2.05, 4.69) is 40.2 Å². The lowest BCUT2D eigenvalue weighted by Gasteiger charge is -2.22. The van der Waals surface area contributed by atoms with Crippen LogP contribution in [0.15, 0.2) is 54.7 Å². The molecule has 0 unspecified atom stereocenters. The van der Waals surface area contributed by atoms with Crippen molar-refractivity contribution in [1.82, 2.24) is 9.88 Å². The highest BCUT2D eigenvalue weighted by Gasteiger charge is 2.13. The number of nitrogens with zero attached hydrogens (tertiary/aromatic N) is 1. The molecule has 28 heavy (non-hydrogen) atoms. The van der Waals surface area contributed by atoms with E-state index in [9.17, 15) is 4.79 Å². The van der Waals surface area contributed by atoms with E-state index in [1.807, 2.05) is 24.4 Å². The number of rotatable bonds is 7. The third-order valence-electron chi connectivity index (χ3n) is 5.46. The largest absolute Gasteiger partial charge is 0.493 e. The van der Waals surface area contributed by atoms with Crippen LogP contribution in [0.4, 0.5) is 0 Å². The smallest absolute Gasteiger partial charge is 0.152 e. The average molecular weight is 399 g/mol. The second-order valence-corrected chi connectivity index (χ2v) is 7.31. The number of aryl methyl sites for hydroxylation is 2. The summed E-state index contributed by atoms with van der Waals surface area (Å²) in [6.45, 7) is 3.87. The van der Waals surface area contributed by atoms with Gasteiger partial charge in [0, 0.05) is 29.2 Å². The molecule has 0 bridgehead atoms. The predicted octanol–water partition coefficient (Wildman–Crippen LogP) is 4.50. The van der Waals surface area contributed by atoms with Gasteiger partial charge >= 0.3 is 0 Å². The van der Waals surface area contributed by atoms with Crippen molar-refractivity contribution in [3.8, 4) is 5.75 Å². The van der Waals surface area contributed by atoms with Gasteiger partial charge in [0.25, 0.3) is 0 Å². The summed E-state index contributed by atoms with van der Waals surface area (Å²) >= 11 is 0. The SMILES string of the molecule is Cl.O=Cc1cn(CCc2ccc(OCC3CCNCC3)cc2)c2ccccc12. The number of fused-ring (bicyclic) bond motifs is 1. The molecule has 0 amide bonds. The summed E-state index contributed by atoms with van der Waals surface area (Å²) < 4.78 is 8.13. The highest BCUT2D eigenvalue weighted by atomic mass is 35.5. The summed E-state index contributed by atoms with van der Waals surface area (Å²) in [6.07, 6.45) is 6.21. The first-order valence-corrected chi connectivity index (χ1v) is 9.79. The van der Waals surface area contributed by atoms with Crippen molar-refractivity contribution in [2.45, 2.75) is 25.8 Å². The number of halogens is 1. The number of nitrogens with one attached hydrogen (secondary N) is 1. The molecule has 2 heterocycles. The van der Waals surface area contributed by atoms with E-state index < -0.39 is 0 Å². The Morgan fingerprint density at radius 1 is 1.07 bits per heavy atom. The third-order valence-corrected chi connectivity index (χ3v) is 5.46. The molecule has 0 spiro atoms. The van der Waals surface area contributed by atoms with Crippen LogP contribution in [0, 0.1) is 5.92 Å². The fraction of sp³-hybridized carbons (Fsp3) is 0.348. The van der Waals surface area contributed by atoms with E-state index in [0.29, 0.717) is 5.92 Å². The van der Waals surface area contributed by atoms with Crippen molar-refractivity contribution in [2.24, 2.45) is 5.92 Å². The van der Waals surface area contributed by atoms with Crippen molar-refractivity contribution in [3.05, 3.63) is 65.9 Å². The molecule has 0 atom stereocenters. The molecule has 0 aliphatic carbocycles. The van der Waals surface area contributed by atoms with Crippen LogP contribution in [0.25, 0.3) is 10.9 Å². The summed E-state index contributed by atoms with van der Waals surface area (Å²) in [5.41, 5.74) is 3.14. The number of para-hydroxylation sites is 1. The summed E-state index contributed by atoms with van der Waals surface area (Å²) in [7, 11) is 0. The maximum Gasteiger partial charge on any atom is 0.152 e. The first-order valence-electron chi connectivity index (χ1n) is 9.79. The number of ether oxygens (including phenoxy) is 1. The molecular weight excluding hydrogens is 372 g/mol. The number of hydrogen-bond acceptors (Lipinski definition) is 3. The maximum atomic E-state index is 11.3. The average Bonchev–Trinajstić information content (AvgIpc) is 3.10. The molecule has 3 aromatic rings. The zero-order chi connectivity index (χ0) is 18.5. The Kier molecular flexibility index (Phi) is 7.12. The van der Waals surface area contributed by atoms with Gasteiger partial charge in [0.15, 0.2) is 6.29 Å². The van der Waals surface area contributed by atoms with E-state index >= 15 is 0 Å². The molecular formula is C23H27ClN2O2. The molecule has 1 fully saturated rings. The summed E-state index contributed by atoms with van der Waals surface area (Å²) in [6, 6.07) is 16.5. The Morgan fingerprint density at radius 2 is 1.82 bits per heavy atom. The van der Waals surface area contributed by atoms with Gasteiger partial charge in [-0.1, -0.05) is 30.3 Å². The van der Waals surface area contributed by atoms with Gasteiger partial charge in [0.1, 0.15) is 5.75 Å². The molecule has 0 saturated carbocycles. The number of benzene rings is 2. The summed E-state index contributed by atoms with van der Waals surface area (Å²) in [4.78, 5) is 11.3. The highest BCUT2D eigenvalue weighted by Crippen LogP contribution is 2.21. The van der Waals surface area contributed by atoms with Gasteiger partial charge in [-0.05, 0) is 62.0 Å². The molecule has 1 aliphatic heterocycles. The normalized spacial score (nSPS) is 14.6. The lowest BCUT2D eigenvalue weighted by Crippen LogP contribution is -2.30. The van der Waals surface area contributed by atoms with E-state index in [1.165, 1.54) is 18.4 Å². The van der Waals surface area contributed by atoms with Gasteiger partial charge in [-0.2, -0.15) is 0 Å². The molecule has 1 N–H and O–H groups in total. The van der Waals surface area contributed by atoms with Crippen LogP contribution in [0.5, 0.6) is 5.75 Å². The zero-order valence-corrected chi connectivity index (χ0v) is 16.8. The third kappa shape index (κ3) is 4.75.